The molecule has 0 spiro atoms. The number of nitrogens with zero attached hydrogens (tertiary/aromatic N) is 1. The molecule has 1 N–H and O–H groups in total. The zero-order valence-electron chi connectivity index (χ0n) is 13.5. The van der Waals surface area contributed by atoms with Crippen LogP contribution in [0.15, 0.2) is 24.3 Å². The van der Waals surface area contributed by atoms with E-state index in [1.807, 2.05) is 13.0 Å². The first kappa shape index (κ1) is 16.5. The van der Waals surface area contributed by atoms with Gasteiger partial charge in [0.15, 0.2) is 9.84 Å². The van der Waals surface area contributed by atoms with Crippen LogP contribution >= 0.6 is 0 Å². The van der Waals surface area contributed by atoms with Crippen LogP contribution in [-0.2, 0) is 27.6 Å². The normalized spacial score (nSPS) is 24.8. The third kappa shape index (κ3) is 3.93. The van der Waals surface area contributed by atoms with Crippen molar-refractivity contribution in [3.8, 4) is 0 Å². The molecule has 0 unspecified atom stereocenters. The van der Waals surface area contributed by atoms with Crippen molar-refractivity contribution in [3.63, 3.8) is 0 Å². The van der Waals surface area contributed by atoms with E-state index in [9.17, 15) is 13.2 Å². The number of rotatable bonds is 4. The lowest BCUT2D eigenvalue weighted by Gasteiger charge is -2.33. The van der Waals surface area contributed by atoms with Gasteiger partial charge < -0.3 is 5.32 Å². The van der Waals surface area contributed by atoms with Crippen molar-refractivity contribution in [2.24, 2.45) is 5.92 Å². The van der Waals surface area contributed by atoms with Gasteiger partial charge in [0.05, 0.1) is 17.5 Å². The molecular formula is C17H24N2O3S. The lowest BCUT2D eigenvalue weighted by molar-refractivity contribution is -0.126. The molecule has 5 nitrogen and oxygen atoms in total. The Morgan fingerprint density at radius 3 is 2.78 bits per heavy atom. The lowest BCUT2D eigenvalue weighted by atomic mass is 9.98. The average molecular weight is 336 g/mol. The molecule has 6 heteroatoms. The predicted octanol–water partition coefficient (Wildman–Crippen LogP) is 0.984. The van der Waals surface area contributed by atoms with Gasteiger partial charge in [0.1, 0.15) is 0 Å². The van der Waals surface area contributed by atoms with Crippen LogP contribution in [0.5, 0.6) is 0 Å². The van der Waals surface area contributed by atoms with Crippen molar-refractivity contribution < 1.29 is 13.2 Å². The van der Waals surface area contributed by atoms with E-state index in [1.54, 1.807) is 0 Å². The number of sulfone groups is 1. The Bertz CT molecular complexity index is 687. The Morgan fingerprint density at radius 2 is 2.09 bits per heavy atom. The molecule has 2 aliphatic heterocycles. The van der Waals surface area contributed by atoms with Gasteiger partial charge >= 0.3 is 0 Å². The number of nitrogens with one attached hydrogen (secondary N) is 1. The number of benzene rings is 1. The number of carbonyl (C=O) groups excluding carboxylic acids is 1. The maximum atomic E-state index is 12.4. The van der Waals surface area contributed by atoms with Crippen molar-refractivity contribution in [3.05, 3.63) is 35.4 Å². The van der Waals surface area contributed by atoms with Crippen LogP contribution in [0.4, 0.5) is 0 Å². The summed E-state index contributed by atoms with van der Waals surface area (Å²) in [6.07, 6.45) is 1.63. The van der Waals surface area contributed by atoms with E-state index in [0.717, 1.165) is 19.5 Å². The van der Waals surface area contributed by atoms with Crippen LogP contribution in [-0.4, -0.2) is 49.9 Å². The molecule has 0 bridgehead atoms. The van der Waals surface area contributed by atoms with Gasteiger partial charge in [-0.3, -0.25) is 9.69 Å². The van der Waals surface area contributed by atoms with Crippen LogP contribution in [0.2, 0.25) is 0 Å². The van der Waals surface area contributed by atoms with Gasteiger partial charge in [-0.15, -0.1) is 0 Å². The maximum absolute atomic E-state index is 12.4. The van der Waals surface area contributed by atoms with Crippen LogP contribution in [0, 0.1) is 5.92 Å². The molecule has 1 amide bonds. The zero-order chi connectivity index (χ0) is 16.4. The second-order valence-electron chi connectivity index (χ2n) is 6.68. The Hall–Kier alpha value is -1.40. The fourth-order valence-corrected chi connectivity index (χ4v) is 5.30. The van der Waals surface area contributed by atoms with E-state index >= 15 is 0 Å². The largest absolute Gasteiger partial charge is 0.354 e. The molecule has 2 heterocycles. The van der Waals surface area contributed by atoms with Gasteiger partial charge in [0.2, 0.25) is 5.91 Å². The molecule has 1 saturated heterocycles. The summed E-state index contributed by atoms with van der Waals surface area (Å²) >= 11 is 0. The maximum Gasteiger partial charge on any atom is 0.237 e. The lowest BCUT2D eigenvalue weighted by Crippen LogP contribution is -2.48. The van der Waals surface area contributed by atoms with E-state index in [-0.39, 0.29) is 29.4 Å². The summed E-state index contributed by atoms with van der Waals surface area (Å²) in [4.78, 5) is 14.6. The molecule has 3 rings (SSSR count). The smallest absolute Gasteiger partial charge is 0.237 e. The number of hydrogen-bond donors (Lipinski definition) is 1. The van der Waals surface area contributed by atoms with E-state index in [1.165, 1.54) is 11.1 Å². The van der Waals surface area contributed by atoms with Gasteiger partial charge in [-0.05, 0) is 36.8 Å². The molecule has 2 aliphatic rings. The average Bonchev–Trinajstić information content (AvgIpc) is 2.90. The molecule has 1 aromatic carbocycles. The third-order valence-electron chi connectivity index (χ3n) is 4.98. The van der Waals surface area contributed by atoms with Crippen molar-refractivity contribution in [2.45, 2.75) is 32.4 Å². The molecular weight excluding hydrogens is 312 g/mol. The summed E-state index contributed by atoms with van der Waals surface area (Å²) in [5, 5.41) is 2.94. The van der Waals surface area contributed by atoms with Crippen LogP contribution in [0.1, 0.15) is 24.5 Å². The van der Waals surface area contributed by atoms with Crippen LogP contribution in [0.3, 0.4) is 0 Å². The summed E-state index contributed by atoms with van der Waals surface area (Å²) in [5.41, 5.74) is 2.66. The van der Waals surface area contributed by atoms with Crippen LogP contribution in [0.25, 0.3) is 0 Å². The minimum Gasteiger partial charge on any atom is -0.354 e. The van der Waals surface area contributed by atoms with Crippen molar-refractivity contribution in [1.82, 2.24) is 10.2 Å². The monoisotopic (exact) mass is 336 g/mol. The third-order valence-corrected chi connectivity index (χ3v) is 6.82. The summed E-state index contributed by atoms with van der Waals surface area (Å²) in [6, 6.07) is 8.17. The van der Waals surface area contributed by atoms with E-state index in [4.69, 9.17) is 0 Å². The Kier molecular flexibility index (Phi) is 4.73. The van der Waals surface area contributed by atoms with Gasteiger partial charge in [0.25, 0.3) is 0 Å². The summed E-state index contributed by atoms with van der Waals surface area (Å²) in [5.74, 6) is 0.525. The molecule has 1 fully saturated rings. The molecule has 23 heavy (non-hydrogen) atoms. The molecule has 126 valence electrons. The fraction of sp³-hybridized carbons (Fsp3) is 0.588. The number of hydrogen-bond acceptors (Lipinski definition) is 4. The first-order valence-electron chi connectivity index (χ1n) is 8.23. The van der Waals surface area contributed by atoms with Crippen molar-refractivity contribution in [2.75, 3.05) is 24.6 Å². The Morgan fingerprint density at radius 1 is 1.35 bits per heavy atom. The standard InChI is InChI=1S/C17H24N2O3S/c1-13(17(20)18-10-14-7-9-23(21,22)12-14)19-8-6-15-4-2-3-5-16(15)11-19/h2-5,13-14H,6-12H2,1H3,(H,18,20)/t13-,14-/m1/s1. The highest BCUT2D eigenvalue weighted by Crippen LogP contribution is 2.21. The van der Waals surface area contributed by atoms with Crippen LogP contribution < -0.4 is 5.32 Å². The number of amides is 1. The van der Waals surface area contributed by atoms with Gasteiger partial charge in [-0.1, -0.05) is 24.3 Å². The van der Waals surface area contributed by atoms with Crippen molar-refractivity contribution in [1.29, 1.82) is 0 Å². The zero-order valence-corrected chi connectivity index (χ0v) is 14.3. The first-order valence-corrected chi connectivity index (χ1v) is 10.1. The Balaban J connectivity index is 1.52. The summed E-state index contributed by atoms with van der Waals surface area (Å²) in [6.45, 7) is 4.06. The first-order chi connectivity index (χ1) is 10.9. The second kappa shape index (κ2) is 6.61. The minimum absolute atomic E-state index is 0.00585. The second-order valence-corrected chi connectivity index (χ2v) is 8.91. The summed E-state index contributed by atoms with van der Waals surface area (Å²) < 4.78 is 22.9. The van der Waals surface area contributed by atoms with E-state index in [2.05, 4.69) is 28.4 Å². The fourth-order valence-electron chi connectivity index (χ4n) is 3.44. The SMILES string of the molecule is C[C@H](C(=O)NC[C@H]1CCS(=O)(=O)C1)N1CCc2ccccc2C1. The molecule has 1 aromatic rings. The van der Waals surface area contributed by atoms with Crippen molar-refractivity contribution >= 4 is 15.7 Å². The summed E-state index contributed by atoms with van der Waals surface area (Å²) in [7, 11) is -2.88. The Labute approximate surface area is 138 Å². The highest BCUT2D eigenvalue weighted by Gasteiger charge is 2.29. The highest BCUT2D eigenvalue weighted by molar-refractivity contribution is 7.91. The molecule has 0 aliphatic carbocycles. The van der Waals surface area contributed by atoms with Gasteiger partial charge in [-0.2, -0.15) is 0 Å². The molecule has 0 aromatic heterocycles. The van der Waals surface area contributed by atoms with E-state index in [0.29, 0.717) is 13.0 Å². The quantitative estimate of drug-likeness (QED) is 0.890. The topological polar surface area (TPSA) is 66.5 Å². The predicted molar refractivity (Wildman–Crippen MR) is 89.8 cm³/mol. The highest BCUT2D eigenvalue weighted by atomic mass is 32.2. The van der Waals surface area contributed by atoms with Gasteiger partial charge in [0, 0.05) is 19.6 Å². The van der Waals surface area contributed by atoms with E-state index < -0.39 is 9.84 Å². The minimum atomic E-state index is -2.88. The number of carbonyl (C=O) groups is 1. The number of fused-ring (bicyclic) bond motifs is 1. The van der Waals surface area contributed by atoms with Gasteiger partial charge in [-0.25, -0.2) is 8.42 Å². The molecule has 0 radical (unpaired) electrons. The molecule has 0 saturated carbocycles. The molecule has 2 atom stereocenters.